The fraction of sp³-hybridized carbons (Fsp3) is 0.625. The van der Waals surface area contributed by atoms with Gasteiger partial charge in [-0.05, 0) is 56.6 Å². The first-order chi connectivity index (χ1) is 8.88. The highest BCUT2D eigenvalue weighted by molar-refractivity contribution is 5.26. The lowest BCUT2D eigenvalue weighted by molar-refractivity contribution is 0.305. The fourth-order valence-corrected chi connectivity index (χ4v) is 2.34. The minimum atomic E-state index is -0.159. The Bertz CT molecular complexity index is 378. The minimum Gasteiger partial charge on any atom is -0.309 e. The molecular weight excluding hydrogens is 239 g/mol. The second-order valence-corrected chi connectivity index (χ2v) is 6.04. The summed E-state index contributed by atoms with van der Waals surface area (Å²) in [4.78, 5) is 2.21. The average molecular weight is 266 g/mol. The highest BCUT2D eigenvalue weighted by Crippen LogP contribution is 2.11. The van der Waals surface area contributed by atoms with Crippen LogP contribution in [0.25, 0.3) is 0 Å². The highest BCUT2D eigenvalue weighted by atomic mass is 19.1. The van der Waals surface area contributed by atoms with Gasteiger partial charge in [0.2, 0.25) is 0 Å². The Labute approximate surface area is 117 Å². The first kappa shape index (κ1) is 16.1. The lowest BCUT2D eigenvalue weighted by atomic mass is 10.0. The van der Waals surface area contributed by atoms with E-state index in [9.17, 15) is 4.39 Å². The van der Waals surface area contributed by atoms with Crippen molar-refractivity contribution in [3.63, 3.8) is 0 Å². The van der Waals surface area contributed by atoms with E-state index in [0.29, 0.717) is 12.0 Å². The standard InChI is InChI=1S/C16H27FN2/c1-12(2)8-16(11-19(4)5)18-10-14-6-7-15(17)9-13(14)3/h6-7,9,12,16,18H,8,10-11H2,1-5H3. The van der Waals surface area contributed by atoms with Gasteiger partial charge in [-0.1, -0.05) is 19.9 Å². The van der Waals surface area contributed by atoms with Crippen molar-refractivity contribution in [3.05, 3.63) is 35.1 Å². The van der Waals surface area contributed by atoms with Crippen LogP contribution >= 0.6 is 0 Å². The molecule has 108 valence electrons. The Kier molecular flexibility index (Phi) is 6.46. The molecule has 1 aromatic carbocycles. The monoisotopic (exact) mass is 266 g/mol. The molecule has 0 saturated heterocycles. The molecule has 0 amide bonds. The number of halogens is 1. The van der Waals surface area contributed by atoms with E-state index >= 15 is 0 Å². The van der Waals surface area contributed by atoms with Crippen LogP contribution in [0.2, 0.25) is 0 Å². The molecule has 0 heterocycles. The average Bonchev–Trinajstić information content (AvgIpc) is 2.25. The molecule has 0 aliphatic carbocycles. The number of nitrogens with one attached hydrogen (secondary N) is 1. The molecule has 0 fully saturated rings. The van der Waals surface area contributed by atoms with Gasteiger partial charge in [0.05, 0.1) is 0 Å². The SMILES string of the molecule is Cc1cc(F)ccc1CNC(CC(C)C)CN(C)C. The number of rotatable bonds is 7. The van der Waals surface area contributed by atoms with Crippen LogP contribution in [0.3, 0.4) is 0 Å². The number of likely N-dealkylation sites (N-methyl/N-ethyl adjacent to an activating group) is 1. The first-order valence-electron chi connectivity index (χ1n) is 7.01. The van der Waals surface area contributed by atoms with Crippen molar-refractivity contribution in [2.24, 2.45) is 5.92 Å². The summed E-state index contributed by atoms with van der Waals surface area (Å²) in [5.74, 6) is 0.514. The second kappa shape index (κ2) is 7.61. The third-order valence-corrected chi connectivity index (χ3v) is 3.23. The maximum absolute atomic E-state index is 13.1. The van der Waals surface area contributed by atoms with Crippen LogP contribution < -0.4 is 5.32 Å². The van der Waals surface area contributed by atoms with Crippen LogP contribution in [0.4, 0.5) is 4.39 Å². The summed E-state index contributed by atoms with van der Waals surface area (Å²) < 4.78 is 13.1. The molecule has 0 aliphatic rings. The van der Waals surface area contributed by atoms with Gasteiger partial charge in [0.1, 0.15) is 5.82 Å². The van der Waals surface area contributed by atoms with Crippen molar-refractivity contribution in [3.8, 4) is 0 Å². The molecule has 3 heteroatoms. The van der Waals surface area contributed by atoms with E-state index in [1.54, 1.807) is 6.07 Å². The maximum Gasteiger partial charge on any atom is 0.123 e. The van der Waals surface area contributed by atoms with E-state index in [1.165, 1.54) is 11.6 Å². The van der Waals surface area contributed by atoms with Gasteiger partial charge in [0.15, 0.2) is 0 Å². The van der Waals surface area contributed by atoms with Crippen LogP contribution in [0.1, 0.15) is 31.4 Å². The molecule has 0 aromatic heterocycles. The Balaban J connectivity index is 2.59. The lowest BCUT2D eigenvalue weighted by Crippen LogP contribution is -2.38. The zero-order chi connectivity index (χ0) is 14.4. The van der Waals surface area contributed by atoms with Crippen molar-refractivity contribution in [1.29, 1.82) is 0 Å². The van der Waals surface area contributed by atoms with Gasteiger partial charge in [-0.25, -0.2) is 4.39 Å². The Morgan fingerprint density at radius 3 is 2.47 bits per heavy atom. The van der Waals surface area contributed by atoms with E-state index in [1.807, 2.05) is 13.0 Å². The molecule has 1 rings (SSSR count). The smallest absolute Gasteiger partial charge is 0.123 e. The fourth-order valence-electron chi connectivity index (χ4n) is 2.34. The molecule has 1 aromatic rings. The summed E-state index contributed by atoms with van der Waals surface area (Å²) in [6, 6.07) is 5.48. The third-order valence-electron chi connectivity index (χ3n) is 3.23. The molecule has 1 unspecified atom stereocenters. The van der Waals surface area contributed by atoms with E-state index in [-0.39, 0.29) is 5.82 Å². The predicted octanol–water partition coefficient (Wildman–Crippen LogP) is 3.20. The van der Waals surface area contributed by atoms with Crippen LogP contribution in [-0.4, -0.2) is 31.6 Å². The largest absolute Gasteiger partial charge is 0.309 e. The molecule has 0 bridgehead atoms. The molecular formula is C16H27FN2. The maximum atomic E-state index is 13.1. The van der Waals surface area contributed by atoms with Gasteiger partial charge < -0.3 is 10.2 Å². The number of hydrogen-bond donors (Lipinski definition) is 1. The summed E-state index contributed by atoms with van der Waals surface area (Å²) in [6.45, 7) is 8.28. The number of benzene rings is 1. The van der Waals surface area contributed by atoms with E-state index < -0.39 is 0 Å². The van der Waals surface area contributed by atoms with Crippen molar-refractivity contribution >= 4 is 0 Å². The normalized spacial score (nSPS) is 13.3. The van der Waals surface area contributed by atoms with Crippen LogP contribution in [-0.2, 0) is 6.54 Å². The van der Waals surface area contributed by atoms with Crippen LogP contribution in [0.5, 0.6) is 0 Å². The molecule has 2 nitrogen and oxygen atoms in total. The Hall–Kier alpha value is -0.930. The lowest BCUT2D eigenvalue weighted by Gasteiger charge is -2.24. The van der Waals surface area contributed by atoms with Gasteiger partial charge in [-0.3, -0.25) is 0 Å². The van der Waals surface area contributed by atoms with Crippen molar-refractivity contribution in [2.45, 2.75) is 39.8 Å². The molecule has 0 saturated carbocycles. The van der Waals surface area contributed by atoms with Gasteiger partial charge in [-0.15, -0.1) is 0 Å². The number of nitrogens with zero attached hydrogens (tertiary/aromatic N) is 1. The summed E-state index contributed by atoms with van der Waals surface area (Å²) in [7, 11) is 4.19. The Morgan fingerprint density at radius 2 is 1.95 bits per heavy atom. The first-order valence-corrected chi connectivity index (χ1v) is 7.01. The molecule has 1 atom stereocenters. The molecule has 0 radical (unpaired) electrons. The van der Waals surface area contributed by atoms with Crippen LogP contribution in [0, 0.1) is 18.7 Å². The predicted molar refractivity (Wildman–Crippen MR) is 79.8 cm³/mol. The molecule has 19 heavy (non-hydrogen) atoms. The highest BCUT2D eigenvalue weighted by Gasteiger charge is 2.12. The van der Waals surface area contributed by atoms with E-state index in [0.717, 1.165) is 25.1 Å². The Morgan fingerprint density at radius 1 is 1.26 bits per heavy atom. The zero-order valence-corrected chi connectivity index (χ0v) is 12.8. The third kappa shape index (κ3) is 6.17. The summed E-state index contributed by atoms with van der Waals surface area (Å²) >= 11 is 0. The van der Waals surface area contributed by atoms with E-state index in [4.69, 9.17) is 0 Å². The minimum absolute atomic E-state index is 0.159. The van der Waals surface area contributed by atoms with Gasteiger partial charge in [-0.2, -0.15) is 0 Å². The number of aryl methyl sites for hydroxylation is 1. The summed E-state index contributed by atoms with van der Waals surface area (Å²) in [6.07, 6.45) is 1.15. The topological polar surface area (TPSA) is 15.3 Å². The van der Waals surface area contributed by atoms with Gasteiger partial charge >= 0.3 is 0 Å². The molecule has 0 aliphatic heterocycles. The zero-order valence-electron chi connectivity index (χ0n) is 12.8. The second-order valence-electron chi connectivity index (χ2n) is 6.04. The molecule has 1 N–H and O–H groups in total. The van der Waals surface area contributed by atoms with Gasteiger partial charge in [0.25, 0.3) is 0 Å². The quantitative estimate of drug-likeness (QED) is 0.815. The number of hydrogen-bond acceptors (Lipinski definition) is 2. The summed E-state index contributed by atoms with van der Waals surface area (Å²) in [5.41, 5.74) is 2.19. The van der Waals surface area contributed by atoms with E-state index in [2.05, 4.69) is 38.2 Å². The molecule has 0 spiro atoms. The van der Waals surface area contributed by atoms with Crippen molar-refractivity contribution in [1.82, 2.24) is 10.2 Å². The van der Waals surface area contributed by atoms with Crippen LogP contribution in [0.15, 0.2) is 18.2 Å². The van der Waals surface area contributed by atoms with Crippen molar-refractivity contribution < 1.29 is 4.39 Å². The summed E-state index contributed by atoms with van der Waals surface area (Å²) in [5, 5.41) is 3.59. The van der Waals surface area contributed by atoms with Gasteiger partial charge in [0, 0.05) is 19.1 Å². The van der Waals surface area contributed by atoms with Crippen molar-refractivity contribution in [2.75, 3.05) is 20.6 Å².